The Morgan fingerprint density at radius 2 is 1.81 bits per heavy atom. The standard InChI is InChI=1S/C19H31O6.W/c1-12-13(20)7-5-6-9-19(4)15(25-19)8-10-24-16(22)11-14(21)18(2,3)17(12)23;/h10,12-15,20-21H,5-9,11H2,1-4H3;/q-1;/t12-,13?,14+,15?,19-;/m1./s1. The van der Waals surface area contributed by atoms with E-state index in [0.29, 0.717) is 12.8 Å². The first-order valence-corrected chi connectivity index (χ1v) is 9.17. The number of carbonyl (C=O) groups excluding carboxylic acids is 2. The molecule has 0 aromatic rings. The fourth-order valence-electron chi connectivity index (χ4n) is 3.50. The molecule has 26 heavy (non-hydrogen) atoms. The van der Waals surface area contributed by atoms with E-state index in [0.717, 1.165) is 19.3 Å². The summed E-state index contributed by atoms with van der Waals surface area (Å²) in [6.45, 7) is 8.35. The Morgan fingerprint density at radius 3 is 2.46 bits per heavy atom. The molecule has 2 saturated heterocycles. The molecule has 0 aromatic heterocycles. The van der Waals surface area contributed by atoms with Crippen LogP contribution in [-0.2, 0) is 40.1 Å². The molecule has 0 aromatic carbocycles. The minimum absolute atomic E-state index is 0. The number of hydrogen-bond donors (Lipinski definition) is 2. The van der Waals surface area contributed by atoms with Crippen LogP contribution >= 0.6 is 0 Å². The minimum Gasteiger partial charge on any atom is -0.637 e. The number of ether oxygens (including phenoxy) is 2. The molecule has 0 aliphatic carbocycles. The molecule has 5 atom stereocenters. The van der Waals surface area contributed by atoms with Crippen molar-refractivity contribution in [1.29, 1.82) is 0 Å². The number of rotatable bonds is 0. The average molecular weight is 539 g/mol. The van der Waals surface area contributed by atoms with Gasteiger partial charge in [0.1, 0.15) is 5.78 Å². The second-order valence-corrected chi connectivity index (χ2v) is 8.22. The molecule has 2 rings (SSSR count). The van der Waals surface area contributed by atoms with Crippen molar-refractivity contribution in [3.63, 3.8) is 0 Å². The van der Waals surface area contributed by atoms with Gasteiger partial charge in [-0.15, -0.1) is 6.42 Å². The van der Waals surface area contributed by atoms with Crippen LogP contribution in [0.2, 0.25) is 0 Å². The van der Waals surface area contributed by atoms with Crippen LogP contribution < -0.4 is 0 Å². The molecule has 2 aliphatic rings. The number of epoxide rings is 1. The van der Waals surface area contributed by atoms with Crippen LogP contribution in [0.1, 0.15) is 66.2 Å². The van der Waals surface area contributed by atoms with Crippen LogP contribution in [0.15, 0.2) is 0 Å². The quantitative estimate of drug-likeness (QED) is 0.279. The molecule has 0 saturated carbocycles. The van der Waals surface area contributed by atoms with Gasteiger partial charge in [-0.1, -0.05) is 33.6 Å². The Morgan fingerprint density at radius 1 is 1.15 bits per heavy atom. The van der Waals surface area contributed by atoms with E-state index in [1.807, 2.05) is 6.92 Å². The third kappa shape index (κ3) is 5.60. The largest absolute Gasteiger partial charge is 0.637 e. The number of Topliss-reactive ketones (excluding diaryl/α,β-unsaturated/α-hetero) is 1. The van der Waals surface area contributed by atoms with E-state index in [9.17, 15) is 19.8 Å². The summed E-state index contributed by atoms with van der Waals surface area (Å²) in [5, 5.41) is 20.7. The Labute approximate surface area is 170 Å². The second-order valence-electron chi connectivity index (χ2n) is 8.22. The zero-order chi connectivity index (χ0) is 18.8. The smallest absolute Gasteiger partial charge is 0.277 e. The molecule has 7 heteroatoms. The zero-order valence-electron chi connectivity index (χ0n) is 16.1. The van der Waals surface area contributed by atoms with Crippen LogP contribution in [0.5, 0.6) is 0 Å². The predicted octanol–water partition coefficient (Wildman–Crippen LogP) is 2.15. The maximum atomic E-state index is 12.7. The van der Waals surface area contributed by atoms with E-state index in [1.165, 1.54) is 6.61 Å². The van der Waals surface area contributed by atoms with Crippen molar-refractivity contribution >= 4 is 11.8 Å². The first-order chi connectivity index (χ1) is 11.6. The van der Waals surface area contributed by atoms with Gasteiger partial charge in [-0.2, -0.15) is 6.61 Å². The molecule has 0 amide bonds. The fourth-order valence-corrected chi connectivity index (χ4v) is 3.50. The maximum Gasteiger partial charge on any atom is 0.277 e. The molecule has 2 unspecified atom stereocenters. The van der Waals surface area contributed by atoms with Crippen molar-refractivity contribution in [2.24, 2.45) is 11.3 Å². The molecule has 2 N–H and O–H groups in total. The van der Waals surface area contributed by atoms with Gasteiger partial charge in [0, 0.05) is 27.0 Å². The first-order valence-electron chi connectivity index (χ1n) is 9.17. The van der Waals surface area contributed by atoms with Crippen LogP contribution in [-0.4, -0.2) is 45.9 Å². The van der Waals surface area contributed by atoms with Crippen LogP contribution in [0, 0.1) is 17.9 Å². The van der Waals surface area contributed by atoms with E-state index < -0.39 is 29.5 Å². The van der Waals surface area contributed by atoms with Gasteiger partial charge in [0.05, 0.1) is 35.7 Å². The van der Waals surface area contributed by atoms with Gasteiger partial charge >= 0.3 is 0 Å². The number of fused-ring (bicyclic) bond motifs is 1. The number of esters is 1. The summed E-state index contributed by atoms with van der Waals surface area (Å²) in [7, 11) is 0. The van der Waals surface area contributed by atoms with Crippen molar-refractivity contribution in [2.45, 2.75) is 90.1 Å². The summed E-state index contributed by atoms with van der Waals surface area (Å²) in [6.07, 6.45) is 1.50. The van der Waals surface area contributed by atoms with E-state index in [-0.39, 0.29) is 45.0 Å². The van der Waals surface area contributed by atoms with Gasteiger partial charge in [0.25, 0.3) is 5.97 Å². The van der Waals surface area contributed by atoms with Crippen molar-refractivity contribution < 1.29 is 50.3 Å². The first kappa shape index (κ1) is 23.7. The number of carbonyl (C=O) groups is 2. The molecule has 2 fully saturated rings. The molecule has 2 heterocycles. The molecule has 2 aliphatic heterocycles. The summed E-state index contributed by atoms with van der Waals surface area (Å²) >= 11 is 0. The maximum absolute atomic E-state index is 12.7. The third-order valence-corrected chi connectivity index (χ3v) is 5.80. The number of ketones is 1. The summed E-state index contributed by atoms with van der Waals surface area (Å²) in [4.78, 5) is 24.6. The average Bonchev–Trinajstić information content (AvgIpc) is 3.19. The number of cyclic esters (lactones) is 1. The monoisotopic (exact) mass is 539 g/mol. The number of aliphatic hydroxyl groups excluding tert-OH is 2. The van der Waals surface area contributed by atoms with Gasteiger partial charge in [0.2, 0.25) is 0 Å². The van der Waals surface area contributed by atoms with Crippen LogP contribution in [0.4, 0.5) is 0 Å². The van der Waals surface area contributed by atoms with Crippen LogP contribution in [0.25, 0.3) is 0 Å². The Hall–Kier alpha value is -0.292. The van der Waals surface area contributed by atoms with Gasteiger partial charge in [-0.25, -0.2) is 0 Å². The fraction of sp³-hybridized carbons (Fsp3) is 0.842. The summed E-state index contributed by atoms with van der Waals surface area (Å²) < 4.78 is 10.8. The minimum atomic E-state index is -1.16. The topological polar surface area (TPSA) is 96.4 Å². The van der Waals surface area contributed by atoms with Gasteiger partial charge in [-0.05, 0) is 19.8 Å². The Bertz CT molecular complexity index is 508. The Kier molecular flexibility index (Phi) is 8.47. The van der Waals surface area contributed by atoms with Gasteiger partial charge in [0.15, 0.2) is 0 Å². The zero-order valence-corrected chi connectivity index (χ0v) is 19.0. The van der Waals surface area contributed by atoms with Crippen molar-refractivity contribution in [1.82, 2.24) is 0 Å². The van der Waals surface area contributed by atoms with E-state index in [1.54, 1.807) is 20.8 Å². The SMILES string of the molecule is C[C@H]1C(=O)C(C)(C)[C@@H](O)CC(=O)O[CH-]CC2O[C@]2(C)CCCCC1O.[W]. The van der Waals surface area contributed by atoms with Crippen molar-refractivity contribution in [3.8, 4) is 0 Å². The molecular formula is C19H31O6W-. The van der Waals surface area contributed by atoms with Crippen molar-refractivity contribution in [3.05, 3.63) is 6.61 Å². The van der Waals surface area contributed by atoms with E-state index in [2.05, 4.69) is 0 Å². The van der Waals surface area contributed by atoms with Gasteiger partial charge < -0.3 is 19.7 Å². The molecule has 6 nitrogen and oxygen atoms in total. The predicted molar refractivity (Wildman–Crippen MR) is 91.3 cm³/mol. The summed E-state index contributed by atoms with van der Waals surface area (Å²) in [5.74, 6) is -1.41. The summed E-state index contributed by atoms with van der Waals surface area (Å²) in [6, 6.07) is 0. The second kappa shape index (κ2) is 9.27. The van der Waals surface area contributed by atoms with Crippen LogP contribution in [0.3, 0.4) is 0 Å². The van der Waals surface area contributed by atoms with Crippen molar-refractivity contribution in [2.75, 3.05) is 0 Å². The van der Waals surface area contributed by atoms with Gasteiger partial charge in [-0.3, -0.25) is 9.59 Å². The number of hydrogen-bond acceptors (Lipinski definition) is 6. The molecule has 0 radical (unpaired) electrons. The Balaban J connectivity index is 0.00000338. The number of aliphatic hydroxyl groups is 2. The molecule has 0 bridgehead atoms. The molecule has 0 spiro atoms. The van der Waals surface area contributed by atoms with E-state index in [4.69, 9.17) is 9.47 Å². The normalized spacial score (nSPS) is 39.3. The molecular weight excluding hydrogens is 508 g/mol. The van der Waals surface area contributed by atoms with E-state index >= 15 is 0 Å². The summed E-state index contributed by atoms with van der Waals surface area (Å²) in [5.41, 5.74) is -1.33. The third-order valence-electron chi connectivity index (χ3n) is 5.80. The molecule has 150 valence electrons.